The van der Waals surface area contributed by atoms with E-state index in [4.69, 9.17) is 10.5 Å². The van der Waals surface area contributed by atoms with E-state index in [9.17, 15) is 0 Å². The molecule has 3 N–H and O–H groups in total. The molecule has 0 saturated heterocycles. The third-order valence-corrected chi connectivity index (χ3v) is 2.95. The van der Waals surface area contributed by atoms with E-state index in [1.54, 1.807) is 13.3 Å². The van der Waals surface area contributed by atoms with Crippen LogP contribution in [0.15, 0.2) is 12.5 Å². The number of methoxy groups -OCH3 is 1. The average Bonchev–Trinajstić information content (AvgIpc) is 2.87. The number of aryl methyl sites for hydroxylation is 1. The molecule has 6 heteroatoms. The summed E-state index contributed by atoms with van der Waals surface area (Å²) in [5.74, 6) is 1.53. The number of hydrogen-bond acceptors (Lipinski definition) is 5. The van der Waals surface area contributed by atoms with Crippen molar-refractivity contribution in [1.82, 2.24) is 20.2 Å². The molecule has 2 rings (SSSR count). The molecule has 6 nitrogen and oxygen atoms in total. The van der Waals surface area contributed by atoms with Crippen molar-refractivity contribution in [1.29, 1.82) is 0 Å². The smallest absolute Gasteiger partial charge is 0.141 e. The van der Waals surface area contributed by atoms with Gasteiger partial charge >= 0.3 is 0 Å². The maximum absolute atomic E-state index is 6.06. The molecule has 0 saturated carbocycles. The number of aromatic nitrogens is 4. The second-order valence-corrected chi connectivity index (χ2v) is 4.23. The topological polar surface area (TPSA) is 89.7 Å². The Balaban J connectivity index is 2.24. The average molecular weight is 247 g/mol. The predicted molar refractivity (Wildman–Crippen MR) is 67.3 cm³/mol. The van der Waals surface area contributed by atoms with Gasteiger partial charge in [0.1, 0.15) is 17.9 Å². The van der Waals surface area contributed by atoms with Crippen LogP contribution in [0.1, 0.15) is 28.7 Å². The first-order chi connectivity index (χ1) is 8.63. The molecule has 1 unspecified atom stereocenters. The Morgan fingerprint density at radius 1 is 1.39 bits per heavy atom. The minimum Gasteiger partial charge on any atom is -0.496 e. The fourth-order valence-electron chi connectivity index (χ4n) is 1.98. The first-order valence-corrected chi connectivity index (χ1v) is 5.73. The quantitative estimate of drug-likeness (QED) is 0.843. The first kappa shape index (κ1) is 12.5. The van der Waals surface area contributed by atoms with Crippen molar-refractivity contribution in [3.63, 3.8) is 0 Å². The highest BCUT2D eigenvalue weighted by atomic mass is 16.5. The number of aromatic amines is 1. The SMILES string of the molecule is COc1c(C)cnc(CC(N)c2ncn[nH]2)c1C. The summed E-state index contributed by atoms with van der Waals surface area (Å²) in [5.41, 5.74) is 9.01. The van der Waals surface area contributed by atoms with E-state index in [2.05, 4.69) is 20.2 Å². The molecule has 0 aromatic carbocycles. The van der Waals surface area contributed by atoms with Gasteiger partial charge in [-0.05, 0) is 13.8 Å². The normalized spacial score (nSPS) is 12.4. The molecule has 18 heavy (non-hydrogen) atoms. The summed E-state index contributed by atoms with van der Waals surface area (Å²) >= 11 is 0. The van der Waals surface area contributed by atoms with Crippen LogP contribution in [-0.2, 0) is 6.42 Å². The van der Waals surface area contributed by atoms with Crippen LogP contribution in [-0.4, -0.2) is 27.3 Å². The highest BCUT2D eigenvalue weighted by Gasteiger charge is 2.15. The molecular weight excluding hydrogens is 230 g/mol. The van der Waals surface area contributed by atoms with Crippen molar-refractivity contribution in [2.45, 2.75) is 26.3 Å². The largest absolute Gasteiger partial charge is 0.496 e. The monoisotopic (exact) mass is 247 g/mol. The molecule has 2 aromatic heterocycles. The molecule has 96 valence electrons. The van der Waals surface area contributed by atoms with Crippen LogP contribution in [0.25, 0.3) is 0 Å². The standard InChI is InChI=1S/C12H17N5O/c1-7-5-14-10(8(2)11(7)18-3)4-9(13)12-15-6-16-17-12/h5-6,9H,4,13H2,1-3H3,(H,15,16,17). The van der Waals surface area contributed by atoms with Gasteiger partial charge in [-0.1, -0.05) is 0 Å². The van der Waals surface area contributed by atoms with Gasteiger partial charge in [-0.2, -0.15) is 5.10 Å². The van der Waals surface area contributed by atoms with Crippen LogP contribution < -0.4 is 10.5 Å². The predicted octanol–water partition coefficient (Wildman–Crippen LogP) is 1.07. The lowest BCUT2D eigenvalue weighted by Crippen LogP contribution is -2.17. The van der Waals surface area contributed by atoms with Gasteiger partial charge in [0.15, 0.2) is 0 Å². The van der Waals surface area contributed by atoms with Crippen molar-refractivity contribution in [3.05, 3.63) is 35.2 Å². The third kappa shape index (κ3) is 2.33. The number of rotatable bonds is 4. The van der Waals surface area contributed by atoms with Crippen LogP contribution in [0.2, 0.25) is 0 Å². The molecular formula is C12H17N5O. The van der Waals surface area contributed by atoms with Gasteiger partial charge in [-0.15, -0.1) is 0 Å². The maximum Gasteiger partial charge on any atom is 0.141 e. The Bertz CT molecular complexity index is 524. The molecule has 0 radical (unpaired) electrons. The van der Waals surface area contributed by atoms with Crippen molar-refractivity contribution in [2.75, 3.05) is 7.11 Å². The number of H-pyrrole nitrogens is 1. The summed E-state index contributed by atoms with van der Waals surface area (Å²) < 4.78 is 5.37. The molecule has 0 amide bonds. The summed E-state index contributed by atoms with van der Waals surface area (Å²) in [7, 11) is 1.66. The molecule has 0 aliphatic heterocycles. The van der Waals surface area contributed by atoms with Gasteiger partial charge in [0.2, 0.25) is 0 Å². The molecule has 0 fully saturated rings. The van der Waals surface area contributed by atoms with Crippen molar-refractivity contribution in [2.24, 2.45) is 5.73 Å². The number of ether oxygens (including phenoxy) is 1. The Kier molecular flexibility index (Phi) is 3.57. The van der Waals surface area contributed by atoms with Crippen LogP contribution in [0.4, 0.5) is 0 Å². The van der Waals surface area contributed by atoms with Crippen molar-refractivity contribution in [3.8, 4) is 5.75 Å². The van der Waals surface area contributed by atoms with Gasteiger partial charge < -0.3 is 10.5 Å². The van der Waals surface area contributed by atoms with Crippen LogP contribution >= 0.6 is 0 Å². The van der Waals surface area contributed by atoms with Crippen LogP contribution in [0.5, 0.6) is 5.75 Å². The zero-order valence-electron chi connectivity index (χ0n) is 10.8. The molecule has 0 aliphatic carbocycles. The number of nitrogens with zero attached hydrogens (tertiary/aromatic N) is 3. The van der Waals surface area contributed by atoms with Gasteiger partial charge in [-0.25, -0.2) is 4.98 Å². The van der Waals surface area contributed by atoms with E-state index < -0.39 is 0 Å². The number of nitrogens with two attached hydrogens (primary N) is 1. The molecule has 0 spiro atoms. The molecule has 1 atom stereocenters. The lowest BCUT2D eigenvalue weighted by Gasteiger charge is -2.14. The Hall–Kier alpha value is -1.95. The van der Waals surface area contributed by atoms with Crippen LogP contribution in [0.3, 0.4) is 0 Å². The highest BCUT2D eigenvalue weighted by Crippen LogP contribution is 2.25. The zero-order valence-corrected chi connectivity index (χ0v) is 10.8. The first-order valence-electron chi connectivity index (χ1n) is 5.73. The number of hydrogen-bond donors (Lipinski definition) is 2. The second-order valence-electron chi connectivity index (χ2n) is 4.23. The Labute approximate surface area is 106 Å². The lowest BCUT2D eigenvalue weighted by atomic mass is 10.0. The minimum absolute atomic E-state index is 0.244. The van der Waals surface area contributed by atoms with Gasteiger partial charge in [-0.3, -0.25) is 10.1 Å². The van der Waals surface area contributed by atoms with Crippen LogP contribution in [0, 0.1) is 13.8 Å². The van der Waals surface area contributed by atoms with Crippen molar-refractivity contribution >= 4 is 0 Å². The van der Waals surface area contributed by atoms with E-state index >= 15 is 0 Å². The molecule has 0 bridgehead atoms. The fraction of sp³-hybridized carbons (Fsp3) is 0.417. The summed E-state index contributed by atoms with van der Waals surface area (Å²) in [6.45, 7) is 3.96. The summed E-state index contributed by atoms with van der Waals surface area (Å²) in [5, 5.41) is 6.57. The van der Waals surface area contributed by atoms with Gasteiger partial charge in [0, 0.05) is 29.4 Å². The fourth-order valence-corrected chi connectivity index (χ4v) is 1.98. The van der Waals surface area contributed by atoms with E-state index in [1.165, 1.54) is 6.33 Å². The summed E-state index contributed by atoms with van der Waals surface area (Å²) in [6.07, 6.45) is 3.84. The van der Waals surface area contributed by atoms with E-state index in [0.717, 1.165) is 22.6 Å². The van der Waals surface area contributed by atoms with E-state index in [0.29, 0.717) is 12.2 Å². The lowest BCUT2D eigenvalue weighted by molar-refractivity contribution is 0.406. The Morgan fingerprint density at radius 3 is 2.78 bits per heavy atom. The number of nitrogens with one attached hydrogen (secondary N) is 1. The second kappa shape index (κ2) is 5.14. The Morgan fingerprint density at radius 2 is 2.17 bits per heavy atom. The molecule has 2 aromatic rings. The highest BCUT2D eigenvalue weighted by molar-refractivity contribution is 5.41. The summed E-state index contributed by atoms with van der Waals surface area (Å²) in [4.78, 5) is 8.47. The third-order valence-electron chi connectivity index (χ3n) is 2.95. The van der Waals surface area contributed by atoms with Crippen molar-refractivity contribution < 1.29 is 4.74 Å². The maximum atomic E-state index is 6.06. The van der Waals surface area contributed by atoms with E-state index in [1.807, 2.05) is 13.8 Å². The molecule has 2 heterocycles. The molecule has 0 aliphatic rings. The summed E-state index contributed by atoms with van der Waals surface area (Å²) in [6, 6.07) is -0.244. The van der Waals surface area contributed by atoms with Gasteiger partial charge in [0.25, 0.3) is 0 Å². The zero-order chi connectivity index (χ0) is 13.1. The van der Waals surface area contributed by atoms with E-state index in [-0.39, 0.29) is 6.04 Å². The van der Waals surface area contributed by atoms with Gasteiger partial charge in [0.05, 0.1) is 13.2 Å². The number of pyridine rings is 1. The minimum atomic E-state index is -0.244.